The van der Waals surface area contributed by atoms with E-state index in [1.165, 1.54) is 21.9 Å². The summed E-state index contributed by atoms with van der Waals surface area (Å²) < 4.78 is 27.4. The Bertz CT molecular complexity index is 1280. The Balaban J connectivity index is 1.43. The number of carboxylic acid groups (broad SMARTS) is 1. The molecule has 4 rings (SSSR count). The van der Waals surface area contributed by atoms with Crippen molar-refractivity contribution in [3.05, 3.63) is 83.1 Å². The van der Waals surface area contributed by atoms with Crippen molar-refractivity contribution in [1.82, 2.24) is 14.8 Å². The number of carbonyl (C=O) groups is 2. The van der Waals surface area contributed by atoms with Crippen molar-refractivity contribution >= 4 is 17.7 Å². The number of benzene rings is 2. The van der Waals surface area contributed by atoms with E-state index in [2.05, 4.69) is 9.88 Å². The lowest BCUT2D eigenvalue weighted by molar-refractivity contribution is 0.0711. The lowest BCUT2D eigenvalue weighted by Gasteiger charge is -2.38. The van der Waals surface area contributed by atoms with Crippen LogP contribution in [0.3, 0.4) is 0 Å². The second-order valence-electron chi connectivity index (χ2n) is 9.04. The molecule has 1 saturated heterocycles. The molecule has 0 radical (unpaired) electrons. The standard InChI is InChI=1S/C27H28F2N4O3/c1-17-15-32(12-13-33(17)27(35)36)16-19-4-7-21(8-5-19)31(3)26(34)22-10-11-25(30-18(22)2)23-9-6-20(28)14-24(23)29/h4-11,14,17H,12-13,15-16H2,1-3H3,(H,35,36)/t17-/m0/s1. The second kappa shape index (κ2) is 10.4. The lowest BCUT2D eigenvalue weighted by Crippen LogP contribution is -2.53. The predicted octanol–water partition coefficient (Wildman–Crippen LogP) is 4.80. The smallest absolute Gasteiger partial charge is 0.407 e. The minimum atomic E-state index is -0.887. The molecule has 0 unspecified atom stereocenters. The van der Waals surface area contributed by atoms with Crippen molar-refractivity contribution in [3.63, 3.8) is 0 Å². The summed E-state index contributed by atoms with van der Waals surface area (Å²) in [5.74, 6) is -1.63. The summed E-state index contributed by atoms with van der Waals surface area (Å²) >= 11 is 0. The molecular weight excluding hydrogens is 466 g/mol. The molecule has 1 fully saturated rings. The van der Waals surface area contributed by atoms with Gasteiger partial charge in [0.1, 0.15) is 11.6 Å². The SMILES string of the molecule is Cc1nc(-c2ccc(F)cc2F)ccc1C(=O)N(C)c1ccc(CN2CCN(C(=O)O)[C@@H](C)C2)cc1. The van der Waals surface area contributed by atoms with Gasteiger partial charge >= 0.3 is 6.09 Å². The Morgan fingerprint density at radius 1 is 1.08 bits per heavy atom. The summed E-state index contributed by atoms with van der Waals surface area (Å²) in [6.07, 6.45) is -0.887. The number of halogens is 2. The van der Waals surface area contributed by atoms with Crippen molar-refractivity contribution in [3.8, 4) is 11.3 Å². The van der Waals surface area contributed by atoms with E-state index in [-0.39, 0.29) is 17.5 Å². The molecule has 2 heterocycles. The minimum Gasteiger partial charge on any atom is -0.465 e. The molecule has 9 heteroatoms. The fraction of sp³-hybridized carbons (Fsp3) is 0.296. The van der Waals surface area contributed by atoms with E-state index < -0.39 is 17.7 Å². The zero-order valence-corrected chi connectivity index (χ0v) is 20.4. The third kappa shape index (κ3) is 5.36. The molecule has 3 aromatic rings. The third-order valence-corrected chi connectivity index (χ3v) is 6.52. The van der Waals surface area contributed by atoms with E-state index in [0.717, 1.165) is 11.6 Å². The number of nitrogens with zero attached hydrogens (tertiary/aromatic N) is 4. The lowest BCUT2D eigenvalue weighted by atomic mass is 10.1. The van der Waals surface area contributed by atoms with Gasteiger partial charge in [0.2, 0.25) is 0 Å². The van der Waals surface area contributed by atoms with Crippen LogP contribution in [0.1, 0.15) is 28.5 Å². The first-order valence-electron chi connectivity index (χ1n) is 11.7. The molecule has 7 nitrogen and oxygen atoms in total. The van der Waals surface area contributed by atoms with Gasteiger partial charge in [-0.2, -0.15) is 0 Å². The fourth-order valence-corrected chi connectivity index (χ4v) is 4.48. The average molecular weight is 495 g/mol. The van der Waals surface area contributed by atoms with Gasteiger partial charge in [-0.3, -0.25) is 14.7 Å². The highest BCUT2D eigenvalue weighted by molar-refractivity contribution is 6.06. The maximum absolute atomic E-state index is 14.1. The van der Waals surface area contributed by atoms with Gasteiger partial charge in [0.05, 0.1) is 17.0 Å². The Labute approximate surface area is 208 Å². The van der Waals surface area contributed by atoms with Crippen LogP contribution in [-0.2, 0) is 6.54 Å². The number of aromatic nitrogens is 1. The van der Waals surface area contributed by atoms with Crippen molar-refractivity contribution in [2.45, 2.75) is 26.4 Å². The first-order valence-corrected chi connectivity index (χ1v) is 11.7. The van der Waals surface area contributed by atoms with Crippen molar-refractivity contribution in [2.75, 3.05) is 31.6 Å². The van der Waals surface area contributed by atoms with E-state index >= 15 is 0 Å². The molecule has 1 aliphatic rings. The highest BCUT2D eigenvalue weighted by Gasteiger charge is 2.27. The average Bonchev–Trinajstić information content (AvgIpc) is 2.83. The number of carbonyl (C=O) groups excluding carboxylic acids is 1. The zero-order valence-electron chi connectivity index (χ0n) is 20.4. The van der Waals surface area contributed by atoms with Crippen molar-refractivity contribution in [1.29, 1.82) is 0 Å². The number of hydrogen-bond donors (Lipinski definition) is 1. The van der Waals surface area contributed by atoms with Crippen LogP contribution in [0.25, 0.3) is 11.3 Å². The zero-order chi connectivity index (χ0) is 26.0. The molecule has 1 aromatic heterocycles. The van der Waals surface area contributed by atoms with Gasteiger partial charge in [0, 0.05) is 56.6 Å². The molecule has 2 aromatic carbocycles. The van der Waals surface area contributed by atoms with Crippen LogP contribution in [-0.4, -0.2) is 64.6 Å². The van der Waals surface area contributed by atoms with E-state index in [1.807, 2.05) is 31.2 Å². The number of anilines is 1. The van der Waals surface area contributed by atoms with Gasteiger partial charge < -0.3 is 14.9 Å². The molecular formula is C27H28F2N4O3. The Hall–Kier alpha value is -3.85. The van der Waals surface area contributed by atoms with Gasteiger partial charge in [0.15, 0.2) is 0 Å². The molecule has 0 spiro atoms. The molecule has 188 valence electrons. The Morgan fingerprint density at radius 2 is 1.81 bits per heavy atom. The first-order chi connectivity index (χ1) is 17.1. The molecule has 36 heavy (non-hydrogen) atoms. The number of aryl methyl sites for hydroxylation is 1. The number of rotatable bonds is 5. The van der Waals surface area contributed by atoms with Crippen molar-refractivity contribution < 1.29 is 23.5 Å². The summed E-state index contributed by atoms with van der Waals surface area (Å²) in [4.78, 5) is 34.0. The number of pyridine rings is 1. The van der Waals surface area contributed by atoms with Crippen LogP contribution < -0.4 is 4.90 Å². The first kappa shape index (κ1) is 25.2. The molecule has 0 aliphatic carbocycles. The second-order valence-corrected chi connectivity index (χ2v) is 9.04. The van der Waals surface area contributed by atoms with Crippen LogP contribution in [0.4, 0.5) is 19.3 Å². The van der Waals surface area contributed by atoms with Gasteiger partial charge in [-0.15, -0.1) is 0 Å². The quantitative estimate of drug-likeness (QED) is 0.552. The van der Waals surface area contributed by atoms with E-state index in [9.17, 15) is 23.5 Å². The van der Waals surface area contributed by atoms with E-state index in [0.29, 0.717) is 48.8 Å². The van der Waals surface area contributed by atoms with E-state index in [1.54, 1.807) is 26.1 Å². The van der Waals surface area contributed by atoms with E-state index in [4.69, 9.17) is 0 Å². The summed E-state index contributed by atoms with van der Waals surface area (Å²) in [5, 5.41) is 9.24. The molecule has 0 saturated carbocycles. The maximum Gasteiger partial charge on any atom is 0.407 e. The molecule has 1 N–H and O–H groups in total. The Kier molecular flexibility index (Phi) is 7.30. The summed E-state index contributed by atoms with van der Waals surface area (Å²) in [7, 11) is 1.68. The normalized spacial score (nSPS) is 16.1. The number of hydrogen-bond acceptors (Lipinski definition) is 4. The fourth-order valence-electron chi connectivity index (χ4n) is 4.48. The van der Waals surface area contributed by atoms with Gasteiger partial charge in [-0.05, 0) is 55.8 Å². The monoisotopic (exact) mass is 494 g/mol. The highest BCUT2D eigenvalue weighted by atomic mass is 19.1. The summed E-state index contributed by atoms with van der Waals surface area (Å²) in [6, 6.07) is 14.0. The van der Waals surface area contributed by atoms with Crippen molar-refractivity contribution in [2.24, 2.45) is 0 Å². The molecule has 1 atom stereocenters. The molecule has 0 bridgehead atoms. The van der Waals surface area contributed by atoms with Gasteiger partial charge in [-0.1, -0.05) is 12.1 Å². The summed E-state index contributed by atoms with van der Waals surface area (Å²) in [5.41, 5.74) is 3.10. The minimum absolute atomic E-state index is 0.0675. The van der Waals surface area contributed by atoms with Crippen LogP contribution in [0.15, 0.2) is 54.6 Å². The predicted molar refractivity (Wildman–Crippen MR) is 133 cm³/mol. The Morgan fingerprint density at radius 3 is 2.42 bits per heavy atom. The maximum atomic E-state index is 14.1. The van der Waals surface area contributed by atoms with Crippen LogP contribution >= 0.6 is 0 Å². The van der Waals surface area contributed by atoms with Gasteiger partial charge in [-0.25, -0.2) is 13.6 Å². The third-order valence-electron chi connectivity index (χ3n) is 6.52. The number of amides is 2. The summed E-state index contributed by atoms with van der Waals surface area (Å²) in [6.45, 7) is 6.09. The molecule has 2 amide bonds. The van der Waals surface area contributed by atoms with Crippen LogP contribution in [0.5, 0.6) is 0 Å². The molecule has 1 aliphatic heterocycles. The van der Waals surface area contributed by atoms with Crippen LogP contribution in [0, 0.1) is 18.6 Å². The van der Waals surface area contributed by atoms with Gasteiger partial charge in [0.25, 0.3) is 5.91 Å². The topological polar surface area (TPSA) is 77.0 Å². The number of piperazine rings is 1. The highest BCUT2D eigenvalue weighted by Crippen LogP contribution is 2.25. The van der Waals surface area contributed by atoms with Crippen LogP contribution in [0.2, 0.25) is 0 Å². The largest absolute Gasteiger partial charge is 0.465 e.